The molecule has 0 radical (unpaired) electrons. The molecule has 57 heavy (non-hydrogen) atoms. The van der Waals surface area contributed by atoms with E-state index in [1.165, 1.54) is 141 Å². The van der Waals surface area contributed by atoms with Crippen LogP contribution in [-0.2, 0) is 32.7 Å². The van der Waals surface area contributed by atoms with Crippen LogP contribution in [0, 0.1) is 0 Å². The summed E-state index contributed by atoms with van der Waals surface area (Å²) in [5.74, 6) is -0.833. The van der Waals surface area contributed by atoms with Crippen LogP contribution in [-0.4, -0.2) is 70.0 Å². The maximum atomic E-state index is 12.7. The highest BCUT2D eigenvalue weighted by atomic mass is 31.2. The zero-order valence-electron chi connectivity index (χ0n) is 38.1. The summed E-state index contributed by atoms with van der Waals surface area (Å²) in [7, 11) is 1.17. The Morgan fingerprint density at radius 2 is 0.895 bits per heavy atom. The fourth-order valence-electron chi connectivity index (χ4n) is 6.77. The first-order valence-electron chi connectivity index (χ1n) is 23.9. The summed E-state index contributed by atoms with van der Waals surface area (Å²) in [4.78, 5) is 37.6. The van der Waals surface area contributed by atoms with Gasteiger partial charge < -0.3 is 27.9 Å². The van der Waals surface area contributed by atoms with Gasteiger partial charge in [-0.1, -0.05) is 187 Å². The second-order valence-electron chi connectivity index (χ2n) is 17.5. The van der Waals surface area contributed by atoms with Crippen molar-refractivity contribution in [3.63, 3.8) is 0 Å². The monoisotopic (exact) mass is 830 g/mol. The van der Waals surface area contributed by atoms with Crippen molar-refractivity contribution in [2.45, 2.75) is 232 Å². The molecule has 0 aromatic carbocycles. The minimum atomic E-state index is -4.62. The van der Waals surface area contributed by atoms with E-state index < -0.39 is 26.5 Å². The highest BCUT2D eigenvalue weighted by Crippen LogP contribution is 2.38. The number of ether oxygens (including phenoxy) is 2. The molecule has 0 aliphatic rings. The summed E-state index contributed by atoms with van der Waals surface area (Å²) >= 11 is 0. The molecule has 0 aromatic heterocycles. The Morgan fingerprint density at radius 3 is 1.32 bits per heavy atom. The third kappa shape index (κ3) is 44.1. The molecule has 0 aromatic rings. The number of carbonyl (C=O) groups excluding carboxylic acids is 2. The standard InChI is InChI=1S/C47H92NO8P/c1-6-8-10-12-14-16-18-20-21-22-23-24-25-26-28-29-31-33-35-37-39-46(49)53-43-45(44-55-57(51,52)54-42-41-48(3,4)5)56-47(50)40-38-36-34-32-30-27-19-17-15-13-11-9-7-2/h17,19,45H,6-16,18,20-44H2,1-5H3/b19-17-. The molecule has 0 aliphatic carbocycles. The zero-order valence-corrected chi connectivity index (χ0v) is 38.9. The van der Waals surface area contributed by atoms with E-state index in [4.69, 9.17) is 18.5 Å². The summed E-state index contributed by atoms with van der Waals surface area (Å²) in [6.45, 7) is 4.24. The Kier molecular flexibility index (Phi) is 39.3. The third-order valence-corrected chi connectivity index (χ3v) is 11.5. The van der Waals surface area contributed by atoms with Gasteiger partial charge in [0.2, 0.25) is 0 Å². The Labute approximate surface area is 352 Å². The topological polar surface area (TPSA) is 111 Å². The zero-order chi connectivity index (χ0) is 42.1. The van der Waals surface area contributed by atoms with Crippen molar-refractivity contribution in [3.05, 3.63) is 12.2 Å². The smallest absolute Gasteiger partial charge is 0.306 e. The molecule has 10 heteroatoms. The Hall–Kier alpha value is -1.25. The van der Waals surface area contributed by atoms with E-state index in [9.17, 15) is 19.0 Å². The maximum Gasteiger partial charge on any atom is 0.306 e. The van der Waals surface area contributed by atoms with Gasteiger partial charge in [-0.15, -0.1) is 0 Å². The lowest BCUT2D eigenvalue weighted by Gasteiger charge is -2.28. The van der Waals surface area contributed by atoms with E-state index in [0.29, 0.717) is 17.4 Å². The van der Waals surface area contributed by atoms with Gasteiger partial charge in [0.1, 0.15) is 19.8 Å². The fourth-order valence-corrected chi connectivity index (χ4v) is 7.50. The number of nitrogens with zero attached hydrogens (tertiary/aromatic N) is 1. The van der Waals surface area contributed by atoms with Crippen LogP contribution in [0.1, 0.15) is 226 Å². The van der Waals surface area contributed by atoms with Gasteiger partial charge in [0.05, 0.1) is 27.7 Å². The first-order valence-corrected chi connectivity index (χ1v) is 25.4. The van der Waals surface area contributed by atoms with E-state index in [2.05, 4.69) is 26.0 Å². The molecule has 0 amide bonds. The van der Waals surface area contributed by atoms with Gasteiger partial charge in [-0.3, -0.25) is 14.2 Å². The predicted octanol–water partition coefficient (Wildman–Crippen LogP) is 13.1. The second kappa shape index (κ2) is 40.2. The third-order valence-electron chi connectivity index (χ3n) is 10.5. The summed E-state index contributed by atoms with van der Waals surface area (Å²) in [5, 5.41) is 0. The van der Waals surface area contributed by atoms with E-state index in [0.717, 1.165) is 51.4 Å². The van der Waals surface area contributed by atoms with Gasteiger partial charge in [0.15, 0.2) is 6.10 Å². The van der Waals surface area contributed by atoms with Crippen molar-refractivity contribution >= 4 is 19.8 Å². The molecule has 0 rings (SSSR count). The molecule has 0 fully saturated rings. The van der Waals surface area contributed by atoms with Crippen molar-refractivity contribution < 1.29 is 42.1 Å². The van der Waals surface area contributed by atoms with E-state index >= 15 is 0 Å². The van der Waals surface area contributed by atoms with Gasteiger partial charge in [0, 0.05) is 12.8 Å². The Morgan fingerprint density at radius 1 is 0.526 bits per heavy atom. The molecule has 0 aliphatic heterocycles. The van der Waals surface area contributed by atoms with Crippen molar-refractivity contribution in [2.24, 2.45) is 0 Å². The number of unbranched alkanes of at least 4 members (excludes halogenated alkanes) is 28. The number of rotatable bonds is 44. The van der Waals surface area contributed by atoms with Gasteiger partial charge in [0.25, 0.3) is 7.82 Å². The lowest BCUT2D eigenvalue weighted by Crippen LogP contribution is -2.37. The molecular formula is C47H92NO8P. The number of carbonyl (C=O) groups is 2. The number of phosphoric acid groups is 1. The summed E-state index contributed by atoms with van der Waals surface area (Å²) in [5.41, 5.74) is 0. The molecule has 338 valence electrons. The Bertz CT molecular complexity index is 985. The average Bonchev–Trinajstić information content (AvgIpc) is 3.16. The van der Waals surface area contributed by atoms with Gasteiger partial charge >= 0.3 is 11.9 Å². The van der Waals surface area contributed by atoms with Gasteiger partial charge in [-0.25, -0.2) is 0 Å². The van der Waals surface area contributed by atoms with E-state index in [1.54, 1.807) is 0 Å². The molecule has 0 N–H and O–H groups in total. The Balaban J connectivity index is 4.22. The highest BCUT2D eigenvalue weighted by Gasteiger charge is 2.21. The minimum absolute atomic E-state index is 0.0292. The van der Waals surface area contributed by atoms with E-state index in [-0.39, 0.29) is 32.0 Å². The van der Waals surface area contributed by atoms with Crippen LogP contribution >= 0.6 is 7.82 Å². The summed E-state index contributed by atoms with van der Waals surface area (Å²) < 4.78 is 33.9. The largest absolute Gasteiger partial charge is 0.756 e. The van der Waals surface area contributed by atoms with Crippen molar-refractivity contribution in [1.82, 2.24) is 0 Å². The predicted molar refractivity (Wildman–Crippen MR) is 236 cm³/mol. The number of quaternary nitrogens is 1. The highest BCUT2D eigenvalue weighted by molar-refractivity contribution is 7.45. The molecular weight excluding hydrogens is 737 g/mol. The normalized spacial score (nSPS) is 13.6. The fraction of sp³-hybridized carbons (Fsp3) is 0.915. The van der Waals surface area contributed by atoms with Crippen molar-refractivity contribution in [3.8, 4) is 0 Å². The molecule has 2 atom stereocenters. The maximum absolute atomic E-state index is 12.7. The molecule has 0 bridgehead atoms. The molecule has 9 nitrogen and oxygen atoms in total. The SMILES string of the molecule is CCCCCC/C=C\CCCCCCCC(=O)OC(COC(=O)CCCCCCCCCCCCCCCCCCCCCC)COP(=O)([O-])OCC[N+](C)(C)C. The number of allylic oxidation sites excluding steroid dienone is 2. The molecule has 2 unspecified atom stereocenters. The summed E-state index contributed by atoms with van der Waals surface area (Å²) in [6, 6.07) is 0. The van der Waals surface area contributed by atoms with Crippen LogP contribution < -0.4 is 4.89 Å². The van der Waals surface area contributed by atoms with Crippen LogP contribution in [0.15, 0.2) is 12.2 Å². The average molecular weight is 830 g/mol. The lowest BCUT2D eigenvalue weighted by molar-refractivity contribution is -0.870. The molecule has 0 saturated heterocycles. The van der Waals surface area contributed by atoms with Crippen molar-refractivity contribution in [1.29, 1.82) is 0 Å². The van der Waals surface area contributed by atoms with Crippen LogP contribution in [0.5, 0.6) is 0 Å². The number of phosphoric ester groups is 1. The van der Waals surface area contributed by atoms with Gasteiger partial charge in [-0.2, -0.15) is 0 Å². The lowest BCUT2D eigenvalue weighted by atomic mass is 10.0. The molecule has 0 heterocycles. The number of hydrogen-bond donors (Lipinski definition) is 0. The number of hydrogen-bond acceptors (Lipinski definition) is 8. The second-order valence-corrected chi connectivity index (χ2v) is 18.9. The number of likely N-dealkylation sites (N-methyl/N-ethyl adjacent to an activating group) is 1. The minimum Gasteiger partial charge on any atom is -0.756 e. The van der Waals surface area contributed by atoms with Gasteiger partial charge in [-0.05, 0) is 38.5 Å². The molecule has 0 saturated carbocycles. The first kappa shape index (κ1) is 55.8. The van der Waals surface area contributed by atoms with Crippen LogP contribution in [0.25, 0.3) is 0 Å². The van der Waals surface area contributed by atoms with Crippen LogP contribution in [0.3, 0.4) is 0 Å². The first-order chi connectivity index (χ1) is 27.5. The number of esters is 2. The van der Waals surface area contributed by atoms with Crippen molar-refractivity contribution in [2.75, 3.05) is 47.5 Å². The van der Waals surface area contributed by atoms with Crippen LogP contribution in [0.2, 0.25) is 0 Å². The van der Waals surface area contributed by atoms with Crippen LogP contribution in [0.4, 0.5) is 0 Å². The van der Waals surface area contributed by atoms with E-state index in [1.807, 2.05) is 21.1 Å². The quantitative estimate of drug-likeness (QED) is 0.0196. The molecule has 0 spiro atoms. The summed E-state index contributed by atoms with van der Waals surface area (Å²) in [6.07, 6.45) is 42.4.